The predicted octanol–water partition coefficient (Wildman–Crippen LogP) is 3.42. The van der Waals surface area contributed by atoms with Crippen LogP contribution in [0.5, 0.6) is 0 Å². The first kappa shape index (κ1) is 19.2. The Hall–Kier alpha value is -1.54. The van der Waals surface area contributed by atoms with Crippen molar-refractivity contribution in [1.29, 1.82) is 0 Å². The quantitative estimate of drug-likeness (QED) is 0.741. The van der Waals surface area contributed by atoms with Crippen LogP contribution in [0.15, 0.2) is 41.8 Å². The van der Waals surface area contributed by atoms with Crippen LogP contribution >= 0.6 is 34.7 Å². The molecule has 0 bridgehead atoms. The zero-order valence-corrected chi connectivity index (χ0v) is 16.6. The number of carbonyl (C=O) groups is 2. The van der Waals surface area contributed by atoms with Crippen LogP contribution in [0.3, 0.4) is 0 Å². The number of hydrogen-bond donors (Lipinski definition) is 1. The minimum absolute atomic E-state index is 0.157. The van der Waals surface area contributed by atoms with Gasteiger partial charge in [0.15, 0.2) is 0 Å². The monoisotopic (exact) mass is 410 g/mol. The molecule has 1 aliphatic rings. The molecule has 1 aromatic carbocycles. The molecule has 2 atom stereocenters. The minimum atomic E-state index is -0.521. The van der Waals surface area contributed by atoms with Gasteiger partial charge >= 0.3 is 0 Å². The normalized spacial score (nSPS) is 19.5. The van der Waals surface area contributed by atoms with E-state index in [9.17, 15) is 9.59 Å². The highest BCUT2D eigenvalue weighted by Crippen LogP contribution is 2.43. The molecule has 0 radical (unpaired) electrons. The molecule has 1 saturated heterocycles. The zero-order valence-electron chi connectivity index (χ0n) is 14.2. The fourth-order valence-corrected chi connectivity index (χ4v) is 5.26. The second-order valence-electron chi connectivity index (χ2n) is 5.72. The first-order chi connectivity index (χ1) is 12.6. The maximum Gasteiger partial charge on any atom is 0.255 e. The van der Waals surface area contributed by atoms with Crippen LogP contribution in [0.2, 0.25) is 5.02 Å². The second-order valence-corrected chi connectivity index (χ2v) is 8.25. The molecule has 0 aliphatic carbocycles. The summed E-state index contributed by atoms with van der Waals surface area (Å²) in [5, 5.41) is 5.23. The third-order valence-corrected chi connectivity index (χ3v) is 6.65. The number of carbonyl (C=O) groups excluding carboxylic acids is 2. The summed E-state index contributed by atoms with van der Waals surface area (Å²) in [6.45, 7) is 0.855. The molecular formula is C18H19ClN2O3S2. The molecule has 1 aliphatic heterocycles. The highest BCUT2D eigenvalue weighted by molar-refractivity contribution is 7.99. The average Bonchev–Trinajstić information content (AvgIpc) is 3.31. The zero-order chi connectivity index (χ0) is 18.5. The standard InChI is InChI=1S/C18H19ClN2O3S2/c1-24-9-8-20-16(22)14-11-26-18(15-3-2-10-25-15)21(14)17(23)12-4-6-13(19)7-5-12/h2-7,10,14,18H,8-9,11H2,1H3,(H,20,22). The van der Waals surface area contributed by atoms with Gasteiger partial charge in [-0.05, 0) is 35.7 Å². The van der Waals surface area contributed by atoms with Gasteiger partial charge in [-0.15, -0.1) is 23.1 Å². The number of methoxy groups -OCH3 is 1. The van der Waals surface area contributed by atoms with Gasteiger partial charge in [0.1, 0.15) is 11.4 Å². The van der Waals surface area contributed by atoms with E-state index in [1.165, 1.54) is 0 Å². The number of nitrogens with one attached hydrogen (secondary N) is 1. The van der Waals surface area contributed by atoms with Crippen LogP contribution in [-0.2, 0) is 9.53 Å². The maximum absolute atomic E-state index is 13.2. The summed E-state index contributed by atoms with van der Waals surface area (Å²) in [6.07, 6.45) is 0. The molecule has 2 aromatic rings. The summed E-state index contributed by atoms with van der Waals surface area (Å²) in [6, 6.07) is 10.2. The summed E-state index contributed by atoms with van der Waals surface area (Å²) in [7, 11) is 1.58. The average molecular weight is 411 g/mol. The van der Waals surface area contributed by atoms with Crippen molar-refractivity contribution < 1.29 is 14.3 Å². The van der Waals surface area contributed by atoms with Gasteiger partial charge in [-0.2, -0.15) is 0 Å². The molecule has 26 heavy (non-hydrogen) atoms. The van der Waals surface area contributed by atoms with E-state index in [-0.39, 0.29) is 17.2 Å². The molecule has 8 heteroatoms. The maximum atomic E-state index is 13.2. The van der Waals surface area contributed by atoms with Crippen LogP contribution in [0.1, 0.15) is 20.6 Å². The Labute approximate surface area is 165 Å². The van der Waals surface area contributed by atoms with E-state index < -0.39 is 6.04 Å². The number of halogens is 1. The number of nitrogens with zero attached hydrogens (tertiary/aromatic N) is 1. The third-order valence-electron chi connectivity index (χ3n) is 4.02. The fourth-order valence-electron chi connectivity index (χ4n) is 2.74. The van der Waals surface area contributed by atoms with E-state index in [1.54, 1.807) is 59.4 Å². The van der Waals surface area contributed by atoms with E-state index in [0.717, 1.165) is 4.88 Å². The molecule has 3 rings (SSSR count). The largest absolute Gasteiger partial charge is 0.383 e. The van der Waals surface area contributed by atoms with Gasteiger partial charge < -0.3 is 15.0 Å². The molecule has 5 nitrogen and oxygen atoms in total. The Morgan fingerprint density at radius 1 is 1.31 bits per heavy atom. The van der Waals surface area contributed by atoms with E-state index in [1.807, 2.05) is 17.5 Å². The van der Waals surface area contributed by atoms with Crippen molar-refractivity contribution in [1.82, 2.24) is 10.2 Å². The van der Waals surface area contributed by atoms with Crippen LogP contribution in [0.4, 0.5) is 0 Å². The van der Waals surface area contributed by atoms with Gasteiger partial charge in [-0.1, -0.05) is 17.7 Å². The van der Waals surface area contributed by atoms with Crippen molar-refractivity contribution in [2.45, 2.75) is 11.4 Å². The molecule has 0 saturated carbocycles. The van der Waals surface area contributed by atoms with Crippen LogP contribution in [0.25, 0.3) is 0 Å². The van der Waals surface area contributed by atoms with Crippen LogP contribution in [0, 0.1) is 0 Å². The Balaban J connectivity index is 1.85. The molecule has 1 N–H and O–H groups in total. The molecule has 2 amide bonds. The smallest absolute Gasteiger partial charge is 0.255 e. The lowest BCUT2D eigenvalue weighted by atomic mass is 10.1. The van der Waals surface area contributed by atoms with Gasteiger partial charge in [0, 0.05) is 34.9 Å². The predicted molar refractivity (Wildman–Crippen MR) is 106 cm³/mol. The molecule has 2 heterocycles. The highest BCUT2D eigenvalue weighted by Gasteiger charge is 2.42. The summed E-state index contributed by atoms with van der Waals surface area (Å²) in [5.74, 6) is 0.230. The lowest BCUT2D eigenvalue weighted by Gasteiger charge is -2.28. The SMILES string of the molecule is COCCNC(=O)C1CSC(c2cccs2)N1C(=O)c1ccc(Cl)cc1. The number of amides is 2. The van der Waals surface area contributed by atoms with Crippen LogP contribution < -0.4 is 5.32 Å². The van der Waals surface area contributed by atoms with Gasteiger partial charge in [0.2, 0.25) is 5.91 Å². The second kappa shape index (κ2) is 8.90. The van der Waals surface area contributed by atoms with Gasteiger partial charge in [-0.3, -0.25) is 9.59 Å². The topological polar surface area (TPSA) is 58.6 Å². The van der Waals surface area contributed by atoms with E-state index in [0.29, 0.717) is 29.5 Å². The number of benzene rings is 1. The molecule has 1 fully saturated rings. The first-order valence-corrected chi connectivity index (χ1v) is 10.4. The van der Waals surface area contributed by atoms with Crippen molar-refractivity contribution in [3.63, 3.8) is 0 Å². The van der Waals surface area contributed by atoms with Crippen molar-refractivity contribution in [2.75, 3.05) is 26.0 Å². The lowest BCUT2D eigenvalue weighted by Crippen LogP contribution is -2.48. The molecule has 138 valence electrons. The Bertz CT molecular complexity index is 752. The third kappa shape index (κ3) is 4.23. The minimum Gasteiger partial charge on any atom is -0.383 e. The van der Waals surface area contributed by atoms with E-state index >= 15 is 0 Å². The Kier molecular flexibility index (Phi) is 6.58. The van der Waals surface area contributed by atoms with Gasteiger partial charge in [0.25, 0.3) is 5.91 Å². The Morgan fingerprint density at radius 3 is 2.73 bits per heavy atom. The summed E-state index contributed by atoms with van der Waals surface area (Å²) in [5.41, 5.74) is 0.521. The first-order valence-electron chi connectivity index (χ1n) is 8.11. The molecule has 0 spiro atoms. The number of thiophene rings is 1. The van der Waals surface area contributed by atoms with Crippen LogP contribution in [-0.4, -0.2) is 48.8 Å². The summed E-state index contributed by atoms with van der Waals surface area (Å²) >= 11 is 9.13. The van der Waals surface area contributed by atoms with Gasteiger partial charge in [-0.25, -0.2) is 0 Å². The number of ether oxygens (including phenoxy) is 1. The van der Waals surface area contributed by atoms with Crippen molar-refractivity contribution in [3.8, 4) is 0 Å². The molecule has 1 aromatic heterocycles. The molecule has 2 unspecified atom stereocenters. The van der Waals surface area contributed by atoms with E-state index in [2.05, 4.69) is 5.32 Å². The van der Waals surface area contributed by atoms with Crippen molar-refractivity contribution in [3.05, 3.63) is 57.2 Å². The lowest BCUT2D eigenvalue weighted by molar-refractivity contribution is -0.125. The van der Waals surface area contributed by atoms with E-state index in [4.69, 9.17) is 16.3 Å². The Morgan fingerprint density at radius 2 is 2.08 bits per heavy atom. The van der Waals surface area contributed by atoms with Crippen molar-refractivity contribution in [2.24, 2.45) is 0 Å². The van der Waals surface area contributed by atoms with Gasteiger partial charge in [0.05, 0.1) is 6.61 Å². The summed E-state index contributed by atoms with van der Waals surface area (Å²) < 4.78 is 4.98. The summed E-state index contributed by atoms with van der Waals surface area (Å²) in [4.78, 5) is 28.6. The fraction of sp³-hybridized carbons (Fsp3) is 0.333. The van der Waals surface area contributed by atoms with Crippen molar-refractivity contribution >= 4 is 46.5 Å². The number of hydrogen-bond acceptors (Lipinski definition) is 5. The molecular weight excluding hydrogens is 392 g/mol. The number of thioether (sulfide) groups is 1. The highest BCUT2D eigenvalue weighted by atomic mass is 35.5. The number of rotatable bonds is 6.